The lowest BCUT2D eigenvalue weighted by molar-refractivity contribution is 0.0752. The number of rotatable bonds is 5. The zero-order valence-electron chi connectivity index (χ0n) is 10.9. The Hall–Kier alpha value is -1.53. The zero-order chi connectivity index (χ0) is 13.9. The number of anilines is 1. The highest BCUT2D eigenvalue weighted by atomic mass is 32.1. The van der Waals surface area contributed by atoms with Crippen LogP contribution in [0.15, 0.2) is 23.8 Å². The van der Waals surface area contributed by atoms with Gasteiger partial charge in [-0.05, 0) is 24.8 Å². The molecule has 4 nitrogen and oxygen atoms in total. The summed E-state index contributed by atoms with van der Waals surface area (Å²) in [5, 5.41) is 15.1. The second-order valence-electron chi connectivity index (χ2n) is 4.44. The largest absolute Gasteiger partial charge is 0.383 e. The molecule has 0 saturated heterocycles. The first kappa shape index (κ1) is 13.9. The number of aliphatic hydroxyl groups is 1. The highest BCUT2D eigenvalue weighted by molar-refractivity contribution is 7.10. The molecule has 0 bridgehead atoms. The van der Waals surface area contributed by atoms with E-state index in [0.29, 0.717) is 12.1 Å². The summed E-state index contributed by atoms with van der Waals surface area (Å²) in [6.07, 6.45) is 1.83. The maximum Gasteiger partial charge on any atom is 0.186 e. The van der Waals surface area contributed by atoms with Gasteiger partial charge >= 0.3 is 0 Å². The Morgan fingerprint density at radius 2 is 2.26 bits per heavy atom. The van der Waals surface area contributed by atoms with Crippen LogP contribution < -0.4 is 5.32 Å². The maximum absolute atomic E-state index is 13.9. The van der Waals surface area contributed by atoms with Gasteiger partial charge in [-0.3, -0.25) is 0 Å². The summed E-state index contributed by atoms with van der Waals surface area (Å²) in [6.45, 7) is 3.70. The number of hydrogen-bond acceptors (Lipinski definition) is 5. The number of hydrogen-bond donors (Lipinski definition) is 2. The first-order chi connectivity index (χ1) is 9.04. The van der Waals surface area contributed by atoms with Crippen molar-refractivity contribution < 1.29 is 9.50 Å². The van der Waals surface area contributed by atoms with Gasteiger partial charge in [-0.25, -0.2) is 14.4 Å². The number of aromatic nitrogens is 2. The van der Waals surface area contributed by atoms with Gasteiger partial charge in [-0.2, -0.15) is 0 Å². The first-order valence-corrected chi connectivity index (χ1v) is 6.92. The summed E-state index contributed by atoms with van der Waals surface area (Å²) in [5.41, 5.74) is -0.689. The highest BCUT2D eigenvalue weighted by Crippen LogP contribution is 2.26. The molecule has 2 aromatic heterocycles. The van der Waals surface area contributed by atoms with Crippen LogP contribution in [0.3, 0.4) is 0 Å². The van der Waals surface area contributed by atoms with Crippen LogP contribution in [0.1, 0.15) is 24.4 Å². The Balaban J connectivity index is 2.11. The standard InChI is InChI=1S/C13H16FN3OS/c1-3-9-11(14)12(17-8-16-9)15-7-13(2,18)10-5-4-6-19-10/h4-6,8,18H,3,7H2,1-2H3,(H,15,16,17)/t13-/m0/s1. The molecule has 0 unspecified atom stereocenters. The normalized spacial score (nSPS) is 14.1. The summed E-state index contributed by atoms with van der Waals surface area (Å²) in [5.74, 6) is -0.323. The minimum atomic E-state index is -1.06. The molecule has 0 radical (unpaired) electrons. The third kappa shape index (κ3) is 3.08. The van der Waals surface area contributed by atoms with Gasteiger partial charge in [0.2, 0.25) is 0 Å². The molecule has 0 spiro atoms. The predicted molar refractivity (Wildman–Crippen MR) is 73.7 cm³/mol. The molecule has 0 aliphatic rings. The molecule has 0 aliphatic heterocycles. The van der Waals surface area contributed by atoms with E-state index in [-0.39, 0.29) is 12.4 Å². The van der Waals surface area contributed by atoms with Crippen LogP contribution in [0.2, 0.25) is 0 Å². The fourth-order valence-electron chi connectivity index (χ4n) is 1.70. The van der Waals surface area contributed by atoms with E-state index in [1.165, 1.54) is 17.7 Å². The quantitative estimate of drug-likeness (QED) is 0.884. The lowest BCUT2D eigenvalue weighted by Crippen LogP contribution is -2.30. The van der Waals surface area contributed by atoms with E-state index in [1.807, 2.05) is 24.4 Å². The minimum absolute atomic E-state index is 0.128. The van der Waals surface area contributed by atoms with Crippen molar-refractivity contribution in [2.45, 2.75) is 25.9 Å². The molecule has 2 aromatic rings. The Labute approximate surface area is 115 Å². The van der Waals surface area contributed by atoms with Crippen LogP contribution in [0.4, 0.5) is 10.2 Å². The molecule has 0 aliphatic carbocycles. The molecule has 0 aromatic carbocycles. The molecule has 2 heterocycles. The van der Waals surface area contributed by atoms with Crippen LogP contribution in [-0.4, -0.2) is 21.6 Å². The van der Waals surface area contributed by atoms with Gasteiger partial charge in [0.05, 0.1) is 5.69 Å². The molecule has 19 heavy (non-hydrogen) atoms. The van der Waals surface area contributed by atoms with Crippen molar-refractivity contribution >= 4 is 17.2 Å². The smallest absolute Gasteiger partial charge is 0.186 e. The second-order valence-corrected chi connectivity index (χ2v) is 5.39. The number of aryl methyl sites for hydroxylation is 1. The van der Waals surface area contributed by atoms with E-state index < -0.39 is 11.4 Å². The van der Waals surface area contributed by atoms with E-state index in [0.717, 1.165) is 4.88 Å². The third-order valence-corrected chi connectivity index (χ3v) is 3.97. The van der Waals surface area contributed by atoms with Crippen LogP contribution >= 0.6 is 11.3 Å². The van der Waals surface area contributed by atoms with E-state index in [2.05, 4.69) is 15.3 Å². The lowest BCUT2D eigenvalue weighted by atomic mass is 10.1. The average Bonchev–Trinajstić information content (AvgIpc) is 2.92. The summed E-state index contributed by atoms with van der Waals surface area (Å²) < 4.78 is 13.9. The van der Waals surface area contributed by atoms with Crippen molar-refractivity contribution in [3.63, 3.8) is 0 Å². The van der Waals surface area contributed by atoms with Crippen molar-refractivity contribution in [2.75, 3.05) is 11.9 Å². The third-order valence-electron chi connectivity index (χ3n) is 2.85. The number of thiophene rings is 1. The van der Waals surface area contributed by atoms with Gasteiger partial charge in [0.25, 0.3) is 0 Å². The molecule has 1 atom stereocenters. The molecule has 0 fully saturated rings. The van der Waals surface area contributed by atoms with Gasteiger partial charge in [0.15, 0.2) is 11.6 Å². The topological polar surface area (TPSA) is 58.0 Å². The number of nitrogens with zero attached hydrogens (tertiary/aromatic N) is 2. The SMILES string of the molecule is CCc1ncnc(NC[C@](C)(O)c2cccs2)c1F. The van der Waals surface area contributed by atoms with Crippen LogP contribution in [0, 0.1) is 5.82 Å². The number of halogens is 1. The fraction of sp³-hybridized carbons (Fsp3) is 0.385. The average molecular weight is 281 g/mol. The molecule has 2 N–H and O–H groups in total. The van der Waals surface area contributed by atoms with Gasteiger partial charge in [0, 0.05) is 11.4 Å². The minimum Gasteiger partial charge on any atom is -0.383 e. The van der Waals surface area contributed by atoms with Crippen LogP contribution in [0.5, 0.6) is 0 Å². The Morgan fingerprint density at radius 1 is 1.47 bits per heavy atom. The summed E-state index contributed by atoms with van der Waals surface area (Å²) in [7, 11) is 0. The van der Waals surface area contributed by atoms with Crippen molar-refractivity contribution in [1.82, 2.24) is 9.97 Å². The molecular formula is C13H16FN3OS. The van der Waals surface area contributed by atoms with Gasteiger partial charge in [-0.1, -0.05) is 13.0 Å². The van der Waals surface area contributed by atoms with E-state index in [9.17, 15) is 9.50 Å². The molecule has 2 rings (SSSR count). The Kier molecular flexibility index (Phi) is 4.11. The first-order valence-electron chi connectivity index (χ1n) is 6.04. The van der Waals surface area contributed by atoms with Crippen molar-refractivity contribution in [1.29, 1.82) is 0 Å². The van der Waals surface area contributed by atoms with E-state index in [1.54, 1.807) is 6.92 Å². The van der Waals surface area contributed by atoms with Gasteiger partial charge in [0.1, 0.15) is 11.9 Å². The molecular weight excluding hydrogens is 265 g/mol. The van der Waals surface area contributed by atoms with Gasteiger partial charge in [-0.15, -0.1) is 11.3 Å². The van der Waals surface area contributed by atoms with Crippen LogP contribution in [0.25, 0.3) is 0 Å². The van der Waals surface area contributed by atoms with Crippen LogP contribution in [-0.2, 0) is 12.0 Å². The zero-order valence-corrected chi connectivity index (χ0v) is 11.7. The fourth-order valence-corrected chi connectivity index (χ4v) is 2.49. The highest BCUT2D eigenvalue weighted by Gasteiger charge is 2.24. The molecule has 0 saturated carbocycles. The van der Waals surface area contributed by atoms with E-state index >= 15 is 0 Å². The molecule has 102 valence electrons. The molecule has 0 amide bonds. The van der Waals surface area contributed by atoms with Crippen molar-refractivity contribution in [3.05, 3.63) is 40.2 Å². The summed E-state index contributed by atoms with van der Waals surface area (Å²) in [4.78, 5) is 8.56. The number of nitrogens with one attached hydrogen (secondary N) is 1. The van der Waals surface area contributed by atoms with E-state index in [4.69, 9.17) is 0 Å². The Morgan fingerprint density at radius 3 is 2.89 bits per heavy atom. The summed E-state index contributed by atoms with van der Waals surface area (Å²) in [6, 6.07) is 3.72. The predicted octanol–water partition coefficient (Wildman–Crippen LogP) is 2.56. The second kappa shape index (κ2) is 5.63. The monoisotopic (exact) mass is 281 g/mol. The molecule has 6 heteroatoms. The maximum atomic E-state index is 13.9. The lowest BCUT2D eigenvalue weighted by Gasteiger charge is -2.22. The van der Waals surface area contributed by atoms with Crippen molar-refractivity contribution in [2.24, 2.45) is 0 Å². The van der Waals surface area contributed by atoms with Crippen molar-refractivity contribution in [3.8, 4) is 0 Å². The summed E-state index contributed by atoms with van der Waals surface area (Å²) >= 11 is 1.46. The Bertz CT molecular complexity index is 543. The van der Waals surface area contributed by atoms with Gasteiger partial charge < -0.3 is 10.4 Å².